The molecule has 7 nitrogen and oxygen atoms in total. The molecule has 0 saturated heterocycles. The summed E-state index contributed by atoms with van der Waals surface area (Å²) in [6, 6.07) is -0.823. The first kappa shape index (κ1) is 21.1. The number of alkyl carbamates (subject to hydrolysis) is 1. The summed E-state index contributed by atoms with van der Waals surface area (Å²) in [6.07, 6.45) is -1.43. The molecule has 0 heterocycles. The van der Waals surface area contributed by atoms with Crippen molar-refractivity contribution < 1.29 is 27.6 Å². The highest BCUT2D eigenvalue weighted by atomic mass is 32.2. The number of carbonyl (C=O) groups excluding carboxylic acids is 1. The normalized spacial score (nSPS) is 16.0. The molecule has 0 aromatic heterocycles. The van der Waals surface area contributed by atoms with Crippen LogP contribution >= 0.6 is 0 Å². The molecule has 0 radical (unpaired) electrons. The molecule has 0 bridgehead atoms. The maximum absolute atomic E-state index is 11.8. The number of hydrogen-bond acceptors (Lipinski definition) is 5. The minimum absolute atomic E-state index is 0.102. The average molecular weight is 339 g/mol. The Bertz CT molecular complexity index is 461. The molecule has 0 spiro atoms. The van der Waals surface area contributed by atoms with Crippen LogP contribution in [0.1, 0.15) is 54.4 Å². The fourth-order valence-corrected chi connectivity index (χ4v) is 2.42. The molecule has 8 heteroatoms. The Balaban J connectivity index is 4.89. The van der Waals surface area contributed by atoms with Gasteiger partial charge in [-0.25, -0.2) is 4.79 Å². The highest BCUT2D eigenvalue weighted by molar-refractivity contribution is 7.85. The summed E-state index contributed by atoms with van der Waals surface area (Å²) in [5.41, 5.74) is -0.905. The van der Waals surface area contributed by atoms with Gasteiger partial charge in [0.2, 0.25) is 0 Å². The van der Waals surface area contributed by atoms with Crippen molar-refractivity contribution in [1.82, 2.24) is 5.32 Å². The monoisotopic (exact) mass is 339 g/mol. The number of ether oxygens (including phenoxy) is 1. The smallest absolute Gasteiger partial charge is 0.407 e. The van der Waals surface area contributed by atoms with Crippen molar-refractivity contribution in [2.24, 2.45) is 5.41 Å². The van der Waals surface area contributed by atoms with Gasteiger partial charge < -0.3 is 15.2 Å². The third-order valence-electron chi connectivity index (χ3n) is 2.67. The predicted molar refractivity (Wildman–Crippen MR) is 84.3 cm³/mol. The van der Waals surface area contributed by atoms with E-state index in [0.29, 0.717) is 6.42 Å². The van der Waals surface area contributed by atoms with Gasteiger partial charge in [-0.2, -0.15) is 8.42 Å². The van der Waals surface area contributed by atoms with Gasteiger partial charge in [0.25, 0.3) is 10.1 Å². The standard InChI is InChI=1S/C14H29NO6S/c1-13(2,3)9-11(16)10(7-8-22(18,19)20)15-12(17)21-14(4,5)6/h10-11,16H,7-9H2,1-6H3,(H,15,17)(H,18,19,20). The Morgan fingerprint density at radius 3 is 2.05 bits per heavy atom. The molecule has 0 aromatic rings. The lowest BCUT2D eigenvalue weighted by atomic mass is 9.86. The molecule has 3 N–H and O–H groups in total. The molecule has 22 heavy (non-hydrogen) atoms. The Hall–Kier alpha value is -0.860. The van der Waals surface area contributed by atoms with Crippen LogP contribution in [0.25, 0.3) is 0 Å². The highest BCUT2D eigenvalue weighted by Crippen LogP contribution is 2.23. The molecule has 1 amide bonds. The van der Waals surface area contributed by atoms with Crippen molar-refractivity contribution in [2.45, 2.75) is 72.1 Å². The molecule has 0 saturated carbocycles. The number of amides is 1. The van der Waals surface area contributed by atoms with Gasteiger partial charge in [-0.15, -0.1) is 0 Å². The number of rotatable bonds is 6. The largest absolute Gasteiger partial charge is 0.444 e. The van der Waals surface area contributed by atoms with Gasteiger partial charge in [0.05, 0.1) is 17.9 Å². The van der Waals surface area contributed by atoms with Crippen molar-refractivity contribution in [3.05, 3.63) is 0 Å². The Morgan fingerprint density at radius 2 is 1.68 bits per heavy atom. The first-order valence-electron chi connectivity index (χ1n) is 7.22. The van der Waals surface area contributed by atoms with Crippen LogP contribution in [0, 0.1) is 5.41 Å². The molecule has 0 fully saturated rings. The second kappa shape index (κ2) is 7.61. The molecule has 132 valence electrons. The number of aliphatic hydroxyl groups excluding tert-OH is 1. The van der Waals surface area contributed by atoms with Gasteiger partial charge >= 0.3 is 6.09 Å². The first-order valence-corrected chi connectivity index (χ1v) is 8.83. The molecular weight excluding hydrogens is 310 g/mol. The van der Waals surface area contributed by atoms with Crippen LogP contribution in [0.15, 0.2) is 0 Å². The van der Waals surface area contributed by atoms with Crippen molar-refractivity contribution in [1.29, 1.82) is 0 Å². The SMILES string of the molecule is CC(C)(C)CC(O)C(CCS(=O)(=O)O)NC(=O)OC(C)(C)C. The lowest BCUT2D eigenvalue weighted by Crippen LogP contribution is -2.47. The lowest BCUT2D eigenvalue weighted by molar-refractivity contribution is 0.0359. The number of hydrogen-bond donors (Lipinski definition) is 3. The summed E-state index contributed by atoms with van der Waals surface area (Å²) in [4.78, 5) is 11.8. The van der Waals surface area contributed by atoms with Gasteiger partial charge in [0.15, 0.2) is 0 Å². The summed E-state index contributed by atoms with van der Waals surface area (Å²) in [5.74, 6) is -0.547. The fraction of sp³-hybridized carbons (Fsp3) is 0.929. The van der Waals surface area contributed by atoms with E-state index in [2.05, 4.69) is 5.32 Å². The maximum atomic E-state index is 11.8. The molecular formula is C14H29NO6S. The number of aliphatic hydroxyl groups is 1. The van der Waals surface area contributed by atoms with Crippen LogP contribution < -0.4 is 5.32 Å². The van der Waals surface area contributed by atoms with Crippen LogP contribution in [0.5, 0.6) is 0 Å². The van der Waals surface area contributed by atoms with Crippen LogP contribution in [0.3, 0.4) is 0 Å². The summed E-state index contributed by atoms with van der Waals surface area (Å²) in [5, 5.41) is 12.7. The average Bonchev–Trinajstić information content (AvgIpc) is 2.17. The fourth-order valence-electron chi connectivity index (χ4n) is 1.87. The van der Waals surface area contributed by atoms with Crippen molar-refractivity contribution in [2.75, 3.05) is 5.75 Å². The van der Waals surface area contributed by atoms with Crippen LogP contribution in [0.2, 0.25) is 0 Å². The van der Waals surface area contributed by atoms with E-state index >= 15 is 0 Å². The van der Waals surface area contributed by atoms with Crippen molar-refractivity contribution >= 4 is 16.2 Å². The van der Waals surface area contributed by atoms with E-state index in [0.717, 1.165) is 0 Å². The Labute approximate surface area is 133 Å². The third-order valence-corrected chi connectivity index (χ3v) is 3.43. The summed E-state index contributed by atoms with van der Waals surface area (Å²) < 4.78 is 35.7. The van der Waals surface area contributed by atoms with E-state index in [1.54, 1.807) is 20.8 Å². The molecule has 0 aliphatic carbocycles. The maximum Gasteiger partial charge on any atom is 0.407 e. The van der Waals surface area contributed by atoms with Gasteiger partial charge in [-0.1, -0.05) is 20.8 Å². The topological polar surface area (TPSA) is 113 Å². The minimum Gasteiger partial charge on any atom is -0.444 e. The van der Waals surface area contributed by atoms with E-state index in [-0.39, 0.29) is 11.8 Å². The van der Waals surface area contributed by atoms with E-state index in [1.807, 2.05) is 20.8 Å². The van der Waals surface area contributed by atoms with E-state index in [9.17, 15) is 18.3 Å². The second-order valence-electron chi connectivity index (χ2n) is 7.66. The first-order chi connectivity index (χ1) is 9.59. The quantitative estimate of drug-likeness (QED) is 0.638. The van der Waals surface area contributed by atoms with Gasteiger partial charge in [0.1, 0.15) is 5.60 Å². The molecule has 0 rings (SSSR count). The van der Waals surface area contributed by atoms with E-state index in [1.165, 1.54) is 0 Å². The highest BCUT2D eigenvalue weighted by Gasteiger charge is 2.28. The summed E-state index contributed by atoms with van der Waals surface area (Å²) in [7, 11) is -4.17. The minimum atomic E-state index is -4.17. The number of nitrogens with one attached hydrogen (secondary N) is 1. The lowest BCUT2D eigenvalue weighted by Gasteiger charge is -2.30. The van der Waals surface area contributed by atoms with Gasteiger partial charge in [-0.05, 0) is 39.0 Å². The van der Waals surface area contributed by atoms with E-state index < -0.39 is 39.7 Å². The van der Waals surface area contributed by atoms with Crippen LogP contribution in [-0.2, 0) is 14.9 Å². The van der Waals surface area contributed by atoms with Gasteiger partial charge in [-0.3, -0.25) is 4.55 Å². The zero-order chi connectivity index (χ0) is 17.8. The third kappa shape index (κ3) is 11.8. The molecule has 0 aliphatic rings. The summed E-state index contributed by atoms with van der Waals surface area (Å²) in [6.45, 7) is 10.9. The molecule has 2 atom stereocenters. The van der Waals surface area contributed by atoms with Crippen LogP contribution in [-0.4, -0.2) is 47.7 Å². The van der Waals surface area contributed by atoms with Crippen molar-refractivity contribution in [3.8, 4) is 0 Å². The Morgan fingerprint density at radius 1 is 1.18 bits per heavy atom. The zero-order valence-electron chi connectivity index (χ0n) is 14.2. The molecule has 2 unspecified atom stereocenters. The van der Waals surface area contributed by atoms with Gasteiger partial charge in [0, 0.05) is 0 Å². The predicted octanol–water partition coefficient (Wildman–Crippen LogP) is 1.95. The van der Waals surface area contributed by atoms with Crippen molar-refractivity contribution in [3.63, 3.8) is 0 Å². The molecule has 0 aliphatic heterocycles. The van der Waals surface area contributed by atoms with Crippen LogP contribution in [0.4, 0.5) is 4.79 Å². The van der Waals surface area contributed by atoms with E-state index in [4.69, 9.17) is 9.29 Å². The zero-order valence-corrected chi connectivity index (χ0v) is 15.0. The molecule has 0 aromatic carbocycles. The summed E-state index contributed by atoms with van der Waals surface area (Å²) >= 11 is 0. The second-order valence-corrected chi connectivity index (χ2v) is 9.23. The Kier molecular flexibility index (Phi) is 7.31. The number of carbonyl (C=O) groups is 1.